The van der Waals surface area contributed by atoms with Gasteiger partial charge < -0.3 is 10.1 Å². The van der Waals surface area contributed by atoms with Crippen molar-refractivity contribution in [2.24, 2.45) is 15.8 Å². The first-order chi connectivity index (χ1) is 8.74. The van der Waals surface area contributed by atoms with Crippen LogP contribution in [0.2, 0.25) is 0 Å². The van der Waals surface area contributed by atoms with E-state index in [2.05, 4.69) is 39.9 Å². The third-order valence-electron chi connectivity index (χ3n) is 3.62. The molecule has 1 aliphatic rings. The summed E-state index contributed by atoms with van der Waals surface area (Å²) < 4.78 is 5.16. The minimum absolute atomic E-state index is 0.208. The van der Waals surface area contributed by atoms with E-state index in [1.54, 1.807) is 7.11 Å². The molecule has 112 valence electrons. The molecule has 1 unspecified atom stereocenters. The quantitative estimate of drug-likeness (QED) is 0.839. The lowest BCUT2D eigenvalue weighted by molar-refractivity contribution is 0.155. The Hall–Kier alpha value is -0.220. The highest BCUT2D eigenvalue weighted by molar-refractivity contribution is 8.13. The van der Waals surface area contributed by atoms with E-state index in [-0.39, 0.29) is 5.41 Å². The summed E-state index contributed by atoms with van der Waals surface area (Å²) in [5, 5.41) is 4.73. The Balaban J connectivity index is 2.53. The van der Waals surface area contributed by atoms with Gasteiger partial charge in [-0.3, -0.25) is 4.99 Å². The summed E-state index contributed by atoms with van der Waals surface area (Å²) in [5.74, 6) is 1.17. The van der Waals surface area contributed by atoms with Crippen LogP contribution in [0.15, 0.2) is 4.99 Å². The number of amidine groups is 1. The van der Waals surface area contributed by atoms with Crippen molar-refractivity contribution in [3.63, 3.8) is 0 Å². The highest BCUT2D eigenvalue weighted by atomic mass is 32.2. The maximum atomic E-state index is 5.16. The van der Waals surface area contributed by atoms with E-state index in [4.69, 9.17) is 9.73 Å². The SMILES string of the molecule is COCCC(C)(C)CN=C1NC(C(C)(C)C)CCS1. The molecule has 0 aromatic heterocycles. The summed E-state index contributed by atoms with van der Waals surface area (Å²) in [6.45, 7) is 13.1. The van der Waals surface area contributed by atoms with Crippen molar-refractivity contribution in [3.8, 4) is 0 Å². The molecule has 0 bridgehead atoms. The second kappa shape index (κ2) is 6.98. The first-order valence-electron chi connectivity index (χ1n) is 7.17. The summed E-state index contributed by atoms with van der Waals surface area (Å²) in [6, 6.07) is 0.537. The molecule has 19 heavy (non-hydrogen) atoms. The van der Waals surface area contributed by atoms with Crippen LogP contribution in [0, 0.1) is 10.8 Å². The second-order valence-electron chi connectivity index (χ2n) is 7.23. The van der Waals surface area contributed by atoms with Crippen molar-refractivity contribution in [2.75, 3.05) is 26.0 Å². The van der Waals surface area contributed by atoms with Crippen LogP contribution in [0.4, 0.5) is 0 Å². The Bertz CT molecular complexity index is 308. The van der Waals surface area contributed by atoms with Gasteiger partial charge in [-0.05, 0) is 23.7 Å². The van der Waals surface area contributed by atoms with Gasteiger partial charge in [0, 0.05) is 32.1 Å². The fourth-order valence-electron chi connectivity index (χ4n) is 2.02. The Morgan fingerprint density at radius 1 is 1.32 bits per heavy atom. The number of ether oxygens (including phenoxy) is 1. The molecule has 1 aliphatic heterocycles. The molecule has 0 saturated carbocycles. The van der Waals surface area contributed by atoms with Gasteiger partial charge in [0.2, 0.25) is 0 Å². The molecule has 1 fully saturated rings. The zero-order chi connectivity index (χ0) is 14.5. The number of nitrogens with zero attached hydrogens (tertiary/aromatic N) is 1. The van der Waals surface area contributed by atoms with Crippen LogP contribution >= 0.6 is 11.8 Å². The highest BCUT2D eigenvalue weighted by Crippen LogP contribution is 2.28. The summed E-state index contributed by atoms with van der Waals surface area (Å²) in [6.07, 6.45) is 2.27. The van der Waals surface area contributed by atoms with Gasteiger partial charge in [-0.15, -0.1) is 0 Å². The Morgan fingerprint density at radius 3 is 2.58 bits per heavy atom. The lowest BCUT2D eigenvalue weighted by Gasteiger charge is -2.36. The molecule has 1 rings (SSSR count). The van der Waals surface area contributed by atoms with Crippen LogP contribution in [0.3, 0.4) is 0 Å². The van der Waals surface area contributed by atoms with E-state index in [0.29, 0.717) is 11.5 Å². The van der Waals surface area contributed by atoms with Gasteiger partial charge >= 0.3 is 0 Å². The molecule has 1 N–H and O–H groups in total. The molecule has 1 atom stereocenters. The number of nitrogens with one attached hydrogen (secondary N) is 1. The van der Waals surface area contributed by atoms with Gasteiger partial charge in [-0.25, -0.2) is 0 Å². The number of thioether (sulfide) groups is 1. The van der Waals surface area contributed by atoms with Gasteiger partial charge in [0.15, 0.2) is 5.17 Å². The Kier molecular flexibility index (Phi) is 6.18. The standard InChI is InChI=1S/C15H30N2OS/c1-14(2,3)12-7-10-19-13(17-12)16-11-15(4,5)8-9-18-6/h12H,7-11H2,1-6H3,(H,16,17). The zero-order valence-electron chi connectivity index (χ0n) is 13.4. The molecule has 4 heteroatoms. The maximum absolute atomic E-state index is 5.16. The van der Waals surface area contributed by atoms with Crippen LogP contribution in [0.1, 0.15) is 47.5 Å². The number of rotatable bonds is 5. The zero-order valence-corrected chi connectivity index (χ0v) is 14.2. The largest absolute Gasteiger partial charge is 0.385 e. The lowest BCUT2D eigenvalue weighted by atomic mass is 9.85. The summed E-state index contributed by atoms with van der Waals surface area (Å²) >= 11 is 1.86. The molecular weight excluding hydrogens is 256 g/mol. The molecule has 1 heterocycles. The van der Waals surface area contributed by atoms with Crippen molar-refractivity contribution in [2.45, 2.75) is 53.5 Å². The molecule has 3 nitrogen and oxygen atoms in total. The van der Waals surface area contributed by atoms with E-state index in [1.807, 2.05) is 11.8 Å². The minimum atomic E-state index is 0.208. The van der Waals surface area contributed by atoms with E-state index < -0.39 is 0 Å². The predicted molar refractivity (Wildman–Crippen MR) is 86.0 cm³/mol. The van der Waals surface area contributed by atoms with E-state index >= 15 is 0 Å². The second-order valence-corrected chi connectivity index (χ2v) is 8.31. The van der Waals surface area contributed by atoms with E-state index in [0.717, 1.165) is 24.7 Å². The van der Waals surface area contributed by atoms with Crippen molar-refractivity contribution >= 4 is 16.9 Å². The summed E-state index contributed by atoms with van der Waals surface area (Å²) in [4.78, 5) is 4.78. The van der Waals surface area contributed by atoms with E-state index in [9.17, 15) is 0 Å². The van der Waals surface area contributed by atoms with Gasteiger partial charge in [0.05, 0.1) is 0 Å². The number of methoxy groups -OCH3 is 1. The highest BCUT2D eigenvalue weighted by Gasteiger charge is 2.28. The van der Waals surface area contributed by atoms with Crippen LogP contribution in [-0.4, -0.2) is 37.2 Å². The minimum Gasteiger partial charge on any atom is -0.385 e. The van der Waals surface area contributed by atoms with Crippen molar-refractivity contribution < 1.29 is 4.74 Å². The summed E-state index contributed by atoms with van der Waals surface area (Å²) in [5.41, 5.74) is 0.507. The average Bonchev–Trinajstić information content (AvgIpc) is 2.34. The van der Waals surface area contributed by atoms with Gasteiger partial charge in [-0.2, -0.15) is 0 Å². The van der Waals surface area contributed by atoms with Crippen LogP contribution in [0.25, 0.3) is 0 Å². The van der Waals surface area contributed by atoms with Crippen molar-refractivity contribution in [1.29, 1.82) is 0 Å². The Morgan fingerprint density at radius 2 is 2.00 bits per heavy atom. The predicted octanol–water partition coefficient (Wildman–Crippen LogP) is 3.55. The number of hydrogen-bond acceptors (Lipinski definition) is 3. The lowest BCUT2D eigenvalue weighted by Crippen LogP contribution is -2.46. The monoisotopic (exact) mass is 286 g/mol. The van der Waals surface area contributed by atoms with Crippen molar-refractivity contribution in [1.82, 2.24) is 5.32 Å². The third kappa shape index (κ3) is 6.17. The number of hydrogen-bond donors (Lipinski definition) is 1. The molecule has 0 aliphatic carbocycles. The molecule has 0 amide bonds. The molecule has 1 saturated heterocycles. The molecule has 0 aromatic rings. The third-order valence-corrected chi connectivity index (χ3v) is 4.58. The average molecular weight is 286 g/mol. The number of aliphatic imine (C=N–C) groups is 1. The first-order valence-corrected chi connectivity index (χ1v) is 8.16. The smallest absolute Gasteiger partial charge is 0.156 e. The van der Waals surface area contributed by atoms with Crippen LogP contribution in [0.5, 0.6) is 0 Å². The molecule has 0 aromatic carbocycles. The first kappa shape index (κ1) is 16.8. The molecular formula is C15H30N2OS. The van der Waals surface area contributed by atoms with Gasteiger partial charge in [-0.1, -0.05) is 46.4 Å². The van der Waals surface area contributed by atoms with Crippen LogP contribution in [-0.2, 0) is 4.74 Å². The summed E-state index contributed by atoms with van der Waals surface area (Å²) in [7, 11) is 1.76. The van der Waals surface area contributed by atoms with E-state index in [1.165, 1.54) is 12.2 Å². The van der Waals surface area contributed by atoms with Crippen LogP contribution < -0.4 is 5.32 Å². The topological polar surface area (TPSA) is 33.6 Å². The fourth-order valence-corrected chi connectivity index (χ4v) is 2.95. The normalized spacial score (nSPS) is 23.5. The van der Waals surface area contributed by atoms with Gasteiger partial charge in [0.1, 0.15) is 0 Å². The van der Waals surface area contributed by atoms with Crippen molar-refractivity contribution in [3.05, 3.63) is 0 Å². The molecule has 0 radical (unpaired) electrons. The Labute approximate surface area is 123 Å². The van der Waals surface area contributed by atoms with Gasteiger partial charge in [0.25, 0.3) is 0 Å². The maximum Gasteiger partial charge on any atom is 0.156 e. The fraction of sp³-hybridized carbons (Fsp3) is 0.933. The molecule has 0 spiro atoms.